The Morgan fingerprint density at radius 3 is 2.18 bits per heavy atom. The van der Waals surface area contributed by atoms with Crippen molar-refractivity contribution >= 4 is 33.3 Å². The van der Waals surface area contributed by atoms with Crippen LogP contribution >= 0.6 is 0 Å². The number of piperazine rings is 1. The van der Waals surface area contributed by atoms with Crippen LogP contribution in [0.5, 0.6) is 0 Å². The SMILES string of the molecule is Cc1cc(C)cc(S(=O)(=O)Nc2ccc(N3CCN(CC(=O)NC(C)C)CC3)c(C(=O)O)c2)c1. The van der Waals surface area contributed by atoms with Crippen LogP contribution in [-0.2, 0) is 14.8 Å². The van der Waals surface area contributed by atoms with Crippen molar-refractivity contribution in [3.8, 4) is 0 Å². The molecule has 0 aromatic heterocycles. The number of carbonyl (C=O) groups is 2. The summed E-state index contributed by atoms with van der Waals surface area (Å²) in [7, 11) is -3.87. The number of rotatable bonds is 8. The van der Waals surface area contributed by atoms with Crippen molar-refractivity contribution in [2.75, 3.05) is 42.3 Å². The lowest BCUT2D eigenvalue weighted by atomic mass is 10.1. The highest BCUT2D eigenvalue weighted by Crippen LogP contribution is 2.27. The number of aryl methyl sites for hydroxylation is 2. The smallest absolute Gasteiger partial charge is 0.337 e. The van der Waals surface area contributed by atoms with Gasteiger partial charge >= 0.3 is 5.97 Å². The van der Waals surface area contributed by atoms with E-state index in [1.807, 2.05) is 43.6 Å². The average Bonchev–Trinajstić information content (AvgIpc) is 2.73. The summed E-state index contributed by atoms with van der Waals surface area (Å²) in [6, 6.07) is 9.66. The Balaban J connectivity index is 1.74. The molecule has 3 N–H and O–H groups in total. The lowest BCUT2D eigenvalue weighted by Gasteiger charge is -2.36. The van der Waals surface area contributed by atoms with Crippen LogP contribution in [0, 0.1) is 13.8 Å². The van der Waals surface area contributed by atoms with E-state index in [4.69, 9.17) is 0 Å². The molecule has 2 aromatic carbocycles. The molecule has 34 heavy (non-hydrogen) atoms. The molecule has 0 unspecified atom stereocenters. The molecule has 1 aliphatic rings. The van der Waals surface area contributed by atoms with Crippen LogP contribution in [0.1, 0.15) is 35.3 Å². The molecule has 0 saturated carbocycles. The number of hydrogen-bond donors (Lipinski definition) is 3. The van der Waals surface area contributed by atoms with Gasteiger partial charge in [-0.3, -0.25) is 14.4 Å². The number of nitrogens with one attached hydrogen (secondary N) is 2. The number of nitrogens with zero attached hydrogens (tertiary/aromatic N) is 2. The second-order valence-corrected chi connectivity index (χ2v) is 10.6. The number of benzene rings is 2. The normalized spacial score (nSPS) is 14.8. The molecule has 184 valence electrons. The van der Waals surface area contributed by atoms with Gasteiger partial charge in [0.1, 0.15) is 0 Å². The van der Waals surface area contributed by atoms with Crippen LogP contribution in [0.15, 0.2) is 41.3 Å². The second kappa shape index (κ2) is 10.4. The molecule has 1 amide bonds. The van der Waals surface area contributed by atoms with Crippen molar-refractivity contribution in [2.45, 2.75) is 38.6 Å². The first-order valence-electron chi connectivity index (χ1n) is 11.2. The Bertz CT molecular complexity index is 1150. The van der Waals surface area contributed by atoms with Gasteiger partial charge in [0.15, 0.2) is 0 Å². The minimum absolute atomic E-state index is 0.0200. The van der Waals surface area contributed by atoms with E-state index in [-0.39, 0.29) is 28.1 Å². The molecule has 10 heteroatoms. The first-order chi connectivity index (χ1) is 15.9. The van der Waals surface area contributed by atoms with E-state index >= 15 is 0 Å². The maximum atomic E-state index is 12.9. The largest absolute Gasteiger partial charge is 0.478 e. The van der Waals surface area contributed by atoms with Gasteiger partial charge in [0.2, 0.25) is 5.91 Å². The van der Waals surface area contributed by atoms with Gasteiger partial charge in [-0.2, -0.15) is 0 Å². The van der Waals surface area contributed by atoms with E-state index in [0.717, 1.165) is 11.1 Å². The van der Waals surface area contributed by atoms with Gasteiger partial charge in [-0.1, -0.05) is 6.07 Å². The Hall–Kier alpha value is -3.11. The van der Waals surface area contributed by atoms with Crippen LogP contribution in [0.4, 0.5) is 11.4 Å². The second-order valence-electron chi connectivity index (χ2n) is 8.95. The standard InChI is InChI=1S/C24H32N4O5S/c1-16(2)25-23(29)15-27-7-9-28(10-8-27)22-6-5-19(14-21(22)24(30)31)26-34(32,33)20-12-17(3)11-18(4)13-20/h5-6,11-14,16,26H,7-10,15H2,1-4H3,(H,25,29)(H,30,31). The number of carbonyl (C=O) groups excluding carboxylic acids is 1. The Kier molecular flexibility index (Phi) is 7.83. The highest BCUT2D eigenvalue weighted by molar-refractivity contribution is 7.92. The molecule has 0 radical (unpaired) electrons. The molecule has 9 nitrogen and oxygen atoms in total. The molecule has 2 aromatic rings. The topological polar surface area (TPSA) is 119 Å². The molecule has 1 heterocycles. The third kappa shape index (κ3) is 6.48. The third-order valence-electron chi connectivity index (χ3n) is 5.51. The monoisotopic (exact) mass is 488 g/mol. The zero-order chi connectivity index (χ0) is 25.0. The molecule has 3 rings (SSSR count). The van der Waals surface area contributed by atoms with E-state index < -0.39 is 16.0 Å². The van der Waals surface area contributed by atoms with E-state index in [2.05, 4.69) is 10.0 Å². The molecular weight excluding hydrogens is 456 g/mol. The fourth-order valence-corrected chi connectivity index (χ4v) is 5.30. The molecule has 1 saturated heterocycles. The van der Waals surface area contributed by atoms with Crippen LogP contribution in [0.25, 0.3) is 0 Å². The molecule has 0 atom stereocenters. The van der Waals surface area contributed by atoms with Crippen LogP contribution in [0.3, 0.4) is 0 Å². The molecular formula is C24H32N4O5S. The Morgan fingerprint density at radius 1 is 1.00 bits per heavy atom. The summed E-state index contributed by atoms with van der Waals surface area (Å²) < 4.78 is 28.2. The van der Waals surface area contributed by atoms with Crippen LogP contribution in [0.2, 0.25) is 0 Å². The van der Waals surface area contributed by atoms with Gasteiger partial charge in [0.05, 0.1) is 22.7 Å². The zero-order valence-corrected chi connectivity index (χ0v) is 20.8. The first kappa shape index (κ1) is 25.5. The van der Waals surface area contributed by atoms with E-state index in [9.17, 15) is 23.1 Å². The third-order valence-corrected chi connectivity index (χ3v) is 6.88. The molecule has 1 aliphatic heterocycles. The fourth-order valence-electron chi connectivity index (χ4n) is 4.07. The van der Waals surface area contributed by atoms with E-state index in [0.29, 0.717) is 38.4 Å². The summed E-state index contributed by atoms with van der Waals surface area (Å²) in [5, 5.41) is 12.7. The minimum Gasteiger partial charge on any atom is -0.478 e. The molecule has 0 bridgehead atoms. The minimum atomic E-state index is -3.87. The highest BCUT2D eigenvalue weighted by Gasteiger charge is 2.24. The van der Waals surface area contributed by atoms with Crippen molar-refractivity contribution in [3.63, 3.8) is 0 Å². The van der Waals surface area contributed by atoms with Crippen molar-refractivity contribution in [1.82, 2.24) is 10.2 Å². The summed E-state index contributed by atoms with van der Waals surface area (Å²) in [6.07, 6.45) is 0. The maximum Gasteiger partial charge on any atom is 0.337 e. The fraction of sp³-hybridized carbons (Fsp3) is 0.417. The quantitative estimate of drug-likeness (QED) is 0.522. The van der Waals surface area contributed by atoms with Gasteiger partial charge in [0.25, 0.3) is 10.0 Å². The zero-order valence-electron chi connectivity index (χ0n) is 20.0. The predicted molar refractivity (Wildman–Crippen MR) is 132 cm³/mol. The predicted octanol–water partition coefficient (Wildman–Crippen LogP) is 2.45. The number of amides is 1. The van der Waals surface area contributed by atoms with Crippen LogP contribution in [-0.4, -0.2) is 69.1 Å². The Morgan fingerprint density at radius 2 is 1.62 bits per heavy atom. The van der Waals surface area contributed by atoms with Gasteiger partial charge in [-0.25, -0.2) is 13.2 Å². The van der Waals surface area contributed by atoms with Gasteiger partial charge in [-0.05, 0) is 69.2 Å². The van der Waals surface area contributed by atoms with Gasteiger partial charge in [-0.15, -0.1) is 0 Å². The number of aromatic carboxylic acids is 1. The average molecular weight is 489 g/mol. The summed E-state index contributed by atoms with van der Waals surface area (Å²) in [5.74, 6) is -1.17. The van der Waals surface area contributed by atoms with Gasteiger partial charge < -0.3 is 15.3 Å². The summed E-state index contributed by atoms with van der Waals surface area (Å²) in [4.78, 5) is 28.1. The number of carboxylic acids is 1. The number of anilines is 2. The van der Waals surface area contributed by atoms with Gasteiger partial charge in [0, 0.05) is 37.9 Å². The molecule has 1 fully saturated rings. The van der Waals surface area contributed by atoms with Crippen molar-refractivity contribution in [3.05, 3.63) is 53.1 Å². The van der Waals surface area contributed by atoms with Crippen molar-refractivity contribution in [2.24, 2.45) is 0 Å². The van der Waals surface area contributed by atoms with E-state index in [1.165, 1.54) is 6.07 Å². The summed E-state index contributed by atoms with van der Waals surface area (Å²) >= 11 is 0. The lowest BCUT2D eigenvalue weighted by Crippen LogP contribution is -2.50. The first-order valence-corrected chi connectivity index (χ1v) is 12.7. The summed E-state index contributed by atoms with van der Waals surface area (Å²) in [6.45, 7) is 10.1. The molecule has 0 spiro atoms. The van der Waals surface area contributed by atoms with Crippen molar-refractivity contribution < 1.29 is 23.1 Å². The van der Waals surface area contributed by atoms with Crippen LogP contribution < -0.4 is 14.9 Å². The van der Waals surface area contributed by atoms with Crippen molar-refractivity contribution in [1.29, 1.82) is 0 Å². The lowest BCUT2D eigenvalue weighted by molar-refractivity contribution is -0.122. The number of carboxylic acid groups (broad SMARTS) is 1. The number of sulfonamides is 1. The van der Waals surface area contributed by atoms with E-state index in [1.54, 1.807) is 24.3 Å². The number of hydrogen-bond acceptors (Lipinski definition) is 6. The molecule has 0 aliphatic carbocycles. The summed E-state index contributed by atoms with van der Waals surface area (Å²) in [5.41, 5.74) is 2.37. The Labute approximate surface area is 200 Å². The highest BCUT2D eigenvalue weighted by atomic mass is 32.2. The maximum absolute atomic E-state index is 12.9.